The zero-order valence-electron chi connectivity index (χ0n) is 14.3. The molecule has 0 fully saturated rings. The van der Waals surface area contributed by atoms with Crippen LogP contribution in [-0.4, -0.2) is 15.7 Å². The predicted octanol–water partition coefficient (Wildman–Crippen LogP) is 5.94. The molecular formula is C18H21BrN4S. The van der Waals surface area contributed by atoms with Crippen molar-refractivity contribution in [3.63, 3.8) is 0 Å². The second-order valence-electron chi connectivity index (χ2n) is 5.76. The molecule has 6 heteroatoms. The Morgan fingerprint density at radius 2 is 2.17 bits per heavy atom. The Labute approximate surface area is 155 Å². The molecule has 0 amide bonds. The fraction of sp³-hybridized carbons (Fsp3) is 0.389. The van der Waals surface area contributed by atoms with Gasteiger partial charge in [-0.1, -0.05) is 13.8 Å². The van der Waals surface area contributed by atoms with E-state index in [2.05, 4.69) is 40.8 Å². The fourth-order valence-corrected chi connectivity index (χ4v) is 4.38. The van der Waals surface area contributed by atoms with Crippen molar-refractivity contribution in [2.24, 2.45) is 5.92 Å². The summed E-state index contributed by atoms with van der Waals surface area (Å²) in [5.41, 5.74) is 3.97. The fourth-order valence-electron chi connectivity index (χ4n) is 2.78. The van der Waals surface area contributed by atoms with Gasteiger partial charge in [-0.2, -0.15) is 5.26 Å². The van der Waals surface area contributed by atoms with Crippen molar-refractivity contribution in [2.45, 2.75) is 40.5 Å². The minimum Gasteiger partial charge on any atom is -0.342 e. The third-order valence-electron chi connectivity index (χ3n) is 3.99. The molecule has 0 bridgehead atoms. The van der Waals surface area contributed by atoms with Crippen molar-refractivity contribution in [1.82, 2.24) is 9.97 Å². The number of aromatic amines is 1. The summed E-state index contributed by atoms with van der Waals surface area (Å²) in [6.45, 7) is 8.07. The first-order valence-corrected chi connectivity index (χ1v) is 9.55. The molecule has 0 saturated carbocycles. The van der Waals surface area contributed by atoms with Crippen LogP contribution in [0.25, 0.3) is 16.1 Å². The van der Waals surface area contributed by atoms with Crippen molar-refractivity contribution in [3.05, 3.63) is 33.0 Å². The zero-order valence-corrected chi connectivity index (χ0v) is 16.7. The standard InChI is InChI=1S/C18H21BrN4S/c1-5-12(6-2)14(7-10(3)21)18-22-11(4)16(23-18)17-13(9-20)8-15(19)24-17/h7-8,12,21H,5-6H2,1-4H3,(H,22,23)/b14-7-,21-10?. The summed E-state index contributed by atoms with van der Waals surface area (Å²) in [6, 6.07) is 4.06. The highest BCUT2D eigenvalue weighted by atomic mass is 79.9. The summed E-state index contributed by atoms with van der Waals surface area (Å²) in [7, 11) is 0. The molecule has 0 atom stereocenters. The van der Waals surface area contributed by atoms with Crippen molar-refractivity contribution in [2.75, 3.05) is 0 Å². The molecule has 0 radical (unpaired) electrons. The van der Waals surface area contributed by atoms with Crippen LogP contribution in [0.1, 0.15) is 50.7 Å². The maximum Gasteiger partial charge on any atom is 0.134 e. The summed E-state index contributed by atoms with van der Waals surface area (Å²) in [5.74, 6) is 1.16. The SMILES string of the molecule is CCC(CC)/C(=C/C(C)=N)c1nc(-c2sc(Br)cc2C#N)c(C)[nH]1. The number of allylic oxidation sites excluding steroid dienone is 2. The largest absolute Gasteiger partial charge is 0.342 e. The first-order chi connectivity index (χ1) is 11.4. The van der Waals surface area contributed by atoms with E-state index in [-0.39, 0.29) is 0 Å². The number of thiophene rings is 1. The smallest absolute Gasteiger partial charge is 0.134 e. The van der Waals surface area contributed by atoms with Crippen molar-refractivity contribution in [3.8, 4) is 16.6 Å². The lowest BCUT2D eigenvalue weighted by Gasteiger charge is -2.15. The lowest BCUT2D eigenvalue weighted by atomic mass is 9.92. The summed E-state index contributed by atoms with van der Waals surface area (Å²) in [6.07, 6.45) is 3.90. The van der Waals surface area contributed by atoms with Gasteiger partial charge in [0.05, 0.1) is 14.2 Å². The van der Waals surface area contributed by atoms with E-state index in [0.717, 1.165) is 44.3 Å². The van der Waals surface area contributed by atoms with E-state index >= 15 is 0 Å². The minimum atomic E-state index is 0.356. The molecule has 2 aromatic heterocycles. The number of nitrogens with zero attached hydrogens (tertiary/aromatic N) is 2. The van der Waals surface area contributed by atoms with E-state index in [4.69, 9.17) is 10.4 Å². The lowest BCUT2D eigenvalue weighted by Crippen LogP contribution is -2.04. The predicted molar refractivity (Wildman–Crippen MR) is 105 cm³/mol. The van der Waals surface area contributed by atoms with E-state index in [1.54, 1.807) is 6.92 Å². The second-order valence-corrected chi connectivity index (χ2v) is 8.19. The van der Waals surface area contributed by atoms with E-state index in [0.29, 0.717) is 17.2 Å². The van der Waals surface area contributed by atoms with Crippen LogP contribution in [0.5, 0.6) is 0 Å². The molecule has 0 aromatic carbocycles. The van der Waals surface area contributed by atoms with Gasteiger partial charge in [0.25, 0.3) is 0 Å². The van der Waals surface area contributed by atoms with Crippen molar-refractivity contribution >= 4 is 38.6 Å². The molecule has 126 valence electrons. The highest BCUT2D eigenvalue weighted by Crippen LogP contribution is 2.37. The van der Waals surface area contributed by atoms with Gasteiger partial charge < -0.3 is 10.4 Å². The van der Waals surface area contributed by atoms with Gasteiger partial charge in [0.15, 0.2) is 0 Å². The van der Waals surface area contributed by atoms with Gasteiger partial charge in [-0.3, -0.25) is 0 Å². The molecule has 2 aromatic rings. The van der Waals surface area contributed by atoms with Crippen LogP contribution in [0.2, 0.25) is 0 Å². The van der Waals surface area contributed by atoms with Gasteiger partial charge in [0, 0.05) is 11.4 Å². The zero-order chi connectivity index (χ0) is 17.9. The minimum absolute atomic E-state index is 0.356. The Hall–Kier alpha value is -1.71. The van der Waals surface area contributed by atoms with Crippen LogP contribution in [0.3, 0.4) is 0 Å². The van der Waals surface area contributed by atoms with Crippen molar-refractivity contribution < 1.29 is 0 Å². The topological polar surface area (TPSA) is 76.3 Å². The summed E-state index contributed by atoms with van der Waals surface area (Å²) < 4.78 is 0.920. The maximum absolute atomic E-state index is 9.34. The summed E-state index contributed by atoms with van der Waals surface area (Å²) >= 11 is 4.96. The molecular weight excluding hydrogens is 384 g/mol. The lowest BCUT2D eigenvalue weighted by molar-refractivity contribution is 0.620. The third kappa shape index (κ3) is 3.85. The van der Waals surface area contributed by atoms with E-state index in [1.165, 1.54) is 11.3 Å². The molecule has 0 aliphatic heterocycles. The number of H-pyrrole nitrogens is 1. The number of imidazole rings is 1. The average molecular weight is 405 g/mol. The normalized spacial score (nSPS) is 11.8. The summed E-state index contributed by atoms with van der Waals surface area (Å²) in [5, 5.41) is 17.2. The molecule has 24 heavy (non-hydrogen) atoms. The third-order valence-corrected chi connectivity index (χ3v) is 5.64. The van der Waals surface area contributed by atoms with Gasteiger partial charge in [0.2, 0.25) is 0 Å². The number of rotatable bonds is 6. The van der Waals surface area contributed by atoms with Crippen LogP contribution in [0, 0.1) is 29.6 Å². The number of aromatic nitrogens is 2. The number of hydrogen-bond donors (Lipinski definition) is 2. The van der Waals surface area contributed by atoms with Crippen LogP contribution in [0.15, 0.2) is 15.9 Å². The number of nitriles is 1. The molecule has 2 heterocycles. The van der Waals surface area contributed by atoms with Gasteiger partial charge in [-0.15, -0.1) is 11.3 Å². The Morgan fingerprint density at radius 3 is 2.71 bits per heavy atom. The van der Waals surface area contributed by atoms with E-state index in [9.17, 15) is 5.26 Å². The van der Waals surface area contributed by atoms with Gasteiger partial charge in [-0.05, 0) is 66.3 Å². The summed E-state index contributed by atoms with van der Waals surface area (Å²) in [4.78, 5) is 9.03. The first-order valence-electron chi connectivity index (χ1n) is 7.94. The van der Waals surface area contributed by atoms with Gasteiger partial charge in [-0.25, -0.2) is 4.98 Å². The van der Waals surface area contributed by atoms with Crippen LogP contribution in [-0.2, 0) is 0 Å². The molecule has 0 saturated heterocycles. The number of hydrogen-bond acceptors (Lipinski definition) is 4. The molecule has 2 rings (SSSR count). The molecule has 0 spiro atoms. The Morgan fingerprint density at radius 1 is 1.50 bits per heavy atom. The molecule has 0 aliphatic carbocycles. The van der Waals surface area contributed by atoms with E-state index in [1.807, 2.05) is 19.1 Å². The monoisotopic (exact) mass is 404 g/mol. The van der Waals surface area contributed by atoms with E-state index < -0.39 is 0 Å². The highest BCUT2D eigenvalue weighted by molar-refractivity contribution is 9.11. The molecule has 2 N–H and O–H groups in total. The first kappa shape index (κ1) is 18.6. The van der Waals surface area contributed by atoms with Crippen LogP contribution in [0.4, 0.5) is 0 Å². The van der Waals surface area contributed by atoms with Gasteiger partial charge in [0.1, 0.15) is 17.6 Å². The quantitative estimate of drug-likeness (QED) is 0.584. The Kier molecular flexibility index (Phi) is 6.14. The van der Waals surface area contributed by atoms with Crippen LogP contribution >= 0.6 is 27.3 Å². The molecule has 4 nitrogen and oxygen atoms in total. The second kappa shape index (κ2) is 7.91. The molecule has 0 unspecified atom stereocenters. The number of aryl methyl sites for hydroxylation is 1. The maximum atomic E-state index is 9.34. The van der Waals surface area contributed by atoms with Gasteiger partial charge >= 0.3 is 0 Å². The van der Waals surface area contributed by atoms with Crippen molar-refractivity contribution in [1.29, 1.82) is 10.7 Å². The average Bonchev–Trinajstić information content (AvgIpc) is 3.09. The number of halogens is 1. The highest BCUT2D eigenvalue weighted by Gasteiger charge is 2.21. The Bertz CT molecular complexity index is 819. The Balaban J connectivity index is 2.57. The van der Waals surface area contributed by atoms with Crippen LogP contribution < -0.4 is 0 Å². The number of nitrogens with one attached hydrogen (secondary N) is 2. The molecule has 0 aliphatic rings.